The van der Waals surface area contributed by atoms with Crippen molar-refractivity contribution in [2.75, 3.05) is 7.11 Å². The van der Waals surface area contributed by atoms with E-state index in [9.17, 15) is 4.79 Å². The fourth-order valence-electron chi connectivity index (χ4n) is 0.990. The van der Waals surface area contributed by atoms with Gasteiger partial charge in [0.1, 0.15) is 5.75 Å². The molecule has 14 heavy (non-hydrogen) atoms. The Bertz CT molecular complexity index is 315. The van der Waals surface area contributed by atoms with Crippen LogP contribution < -0.4 is 10.5 Å². The first kappa shape index (κ1) is 12.9. The average Bonchev–Trinajstić information content (AvgIpc) is 2.16. The monoisotopic (exact) mass is 216 g/mol. The summed E-state index contributed by atoms with van der Waals surface area (Å²) in [5, 5.41) is 0. The predicted octanol–water partition coefficient (Wildman–Crippen LogP) is 1.04. The molecule has 0 saturated heterocycles. The van der Waals surface area contributed by atoms with E-state index in [4.69, 9.17) is 10.5 Å². The first-order valence-corrected chi connectivity index (χ1v) is 3.94. The van der Waals surface area contributed by atoms with Crippen LogP contribution in [0.2, 0.25) is 0 Å². The normalized spacial score (nSPS) is 11.4. The van der Waals surface area contributed by atoms with Gasteiger partial charge in [-0.05, 0) is 13.0 Å². The lowest BCUT2D eigenvalue weighted by molar-refractivity contribution is 0.0964. The van der Waals surface area contributed by atoms with Gasteiger partial charge in [-0.1, -0.05) is 0 Å². The number of ether oxygens (including phenoxy) is 1. The summed E-state index contributed by atoms with van der Waals surface area (Å²) < 4.78 is 5.00. The molecule has 1 atom stereocenters. The molecule has 1 aromatic heterocycles. The Morgan fingerprint density at radius 2 is 2.29 bits per heavy atom. The molecule has 78 valence electrons. The minimum atomic E-state index is -0.530. The Kier molecular flexibility index (Phi) is 5.12. The quantitative estimate of drug-likeness (QED) is 0.767. The molecule has 1 rings (SSSR count). The van der Waals surface area contributed by atoms with Crippen molar-refractivity contribution in [3.05, 3.63) is 24.0 Å². The molecular formula is C9H13ClN2O2. The van der Waals surface area contributed by atoms with Gasteiger partial charge in [-0.3, -0.25) is 9.78 Å². The molecule has 0 bridgehead atoms. The first-order chi connectivity index (χ1) is 6.16. The van der Waals surface area contributed by atoms with Crippen molar-refractivity contribution in [3.8, 4) is 5.75 Å². The summed E-state index contributed by atoms with van der Waals surface area (Å²) >= 11 is 0. The lowest BCUT2D eigenvalue weighted by Gasteiger charge is -2.07. The first-order valence-electron chi connectivity index (χ1n) is 3.94. The van der Waals surface area contributed by atoms with Crippen LogP contribution in [-0.4, -0.2) is 23.9 Å². The third kappa shape index (κ3) is 2.68. The second kappa shape index (κ2) is 5.57. The molecule has 0 aliphatic rings. The number of nitrogens with two attached hydrogens (primary N) is 1. The number of methoxy groups -OCH3 is 1. The van der Waals surface area contributed by atoms with E-state index in [0.717, 1.165) is 0 Å². The number of Topliss-reactive ketones (excluding diaryl/α,β-unsaturated/α-hetero) is 1. The molecule has 0 fully saturated rings. The summed E-state index contributed by atoms with van der Waals surface area (Å²) in [6.45, 7) is 1.63. The number of nitrogens with zero attached hydrogens (tertiary/aromatic N) is 1. The van der Waals surface area contributed by atoms with E-state index in [0.29, 0.717) is 11.3 Å². The zero-order chi connectivity index (χ0) is 9.84. The van der Waals surface area contributed by atoms with E-state index >= 15 is 0 Å². The topological polar surface area (TPSA) is 65.2 Å². The minimum absolute atomic E-state index is 0. The summed E-state index contributed by atoms with van der Waals surface area (Å²) in [5.74, 6) is 0.349. The maximum atomic E-state index is 11.5. The maximum absolute atomic E-state index is 11.5. The number of pyridine rings is 1. The van der Waals surface area contributed by atoms with Crippen LogP contribution in [-0.2, 0) is 0 Å². The Morgan fingerprint density at radius 1 is 1.64 bits per heavy atom. The second-order valence-electron chi connectivity index (χ2n) is 2.73. The Morgan fingerprint density at radius 3 is 2.79 bits per heavy atom. The lowest BCUT2D eigenvalue weighted by atomic mass is 10.1. The molecular weight excluding hydrogens is 204 g/mol. The van der Waals surface area contributed by atoms with Crippen LogP contribution in [0, 0.1) is 0 Å². The fraction of sp³-hybridized carbons (Fsp3) is 0.333. The highest BCUT2D eigenvalue weighted by atomic mass is 35.5. The standard InChI is InChI=1S/C9H12N2O2.ClH/c1-6(10)9(12)7-5-11-4-3-8(7)13-2;/h3-6H,10H2,1-2H3;1H/t6-;/m1./s1. The smallest absolute Gasteiger partial charge is 0.184 e. The summed E-state index contributed by atoms with van der Waals surface area (Å²) in [7, 11) is 1.51. The minimum Gasteiger partial charge on any atom is -0.496 e. The van der Waals surface area contributed by atoms with Gasteiger partial charge in [0.2, 0.25) is 0 Å². The van der Waals surface area contributed by atoms with Crippen LogP contribution in [0.1, 0.15) is 17.3 Å². The van der Waals surface area contributed by atoms with Crippen molar-refractivity contribution >= 4 is 18.2 Å². The van der Waals surface area contributed by atoms with Crippen molar-refractivity contribution < 1.29 is 9.53 Å². The van der Waals surface area contributed by atoms with Crippen molar-refractivity contribution in [1.82, 2.24) is 4.98 Å². The zero-order valence-corrected chi connectivity index (χ0v) is 8.88. The van der Waals surface area contributed by atoms with Crippen LogP contribution in [0.3, 0.4) is 0 Å². The van der Waals surface area contributed by atoms with Gasteiger partial charge in [-0.15, -0.1) is 12.4 Å². The lowest BCUT2D eigenvalue weighted by Crippen LogP contribution is -2.27. The Labute approximate surface area is 88.9 Å². The van der Waals surface area contributed by atoms with Crippen LogP contribution in [0.15, 0.2) is 18.5 Å². The Hall–Kier alpha value is -1.13. The van der Waals surface area contributed by atoms with E-state index < -0.39 is 6.04 Å². The molecule has 5 heteroatoms. The number of rotatable bonds is 3. The summed E-state index contributed by atoms with van der Waals surface area (Å²) in [5.41, 5.74) is 5.89. The molecule has 0 radical (unpaired) electrons. The van der Waals surface area contributed by atoms with Gasteiger partial charge in [0.15, 0.2) is 5.78 Å². The van der Waals surface area contributed by atoms with E-state index in [2.05, 4.69) is 4.98 Å². The SMILES string of the molecule is COc1ccncc1C(=O)[C@@H](C)N.Cl. The highest BCUT2D eigenvalue weighted by Gasteiger charge is 2.15. The van der Waals surface area contributed by atoms with Gasteiger partial charge < -0.3 is 10.5 Å². The molecule has 0 aliphatic heterocycles. The van der Waals surface area contributed by atoms with E-state index in [1.54, 1.807) is 19.2 Å². The number of hydrogen-bond acceptors (Lipinski definition) is 4. The summed E-state index contributed by atoms with van der Waals surface area (Å²) in [4.78, 5) is 15.3. The molecule has 0 amide bonds. The second-order valence-corrected chi connectivity index (χ2v) is 2.73. The van der Waals surface area contributed by atoms with Crippen molar-refractivity contribution in [3.63, 3.8) is 0 Å². The van der Waals surface area contributed by atoms with Crippen molar-refractivity contribution in [2.45, 2.75) is 13.0 Å². The number of ketones is 1. The average molecular weight is 217 g/mol. The van der Waals surface area contributed by atoms with Crippen molar-refractivity contribution in [1.29, 1.82) is 0 Å². The fourth-order valence-corrected chi connectivity index (χ4v) is 0.990. The Balaban J connectivity index is 0.00000169. The highest BCUT2D eigenvalue weighted by molar-refractivity contribution is 6.01. The molecule has 2 N–H and O–H groups in total. The predicted molar refractivity (Wildman–Crippen MR) is 56.0 cm³/mol. The van der Waals surface area contributed by atoms with Gasteiger partial charge in [-0.2, -0.15) is 0 Å². The van der Waals surface area contributed by atoms with Gasteiger partial charge in [0.25, 0.3) is 0 Å². The molecule has 0 spiro atoms. The molecule has 0 unspecified atom stereocenters. The van der Waals surface area contributed by atoms with Gasteiger partial charge in [-0.25, -0.2) is 0 Å². The van der Waals surface area contributed by atoms with Gasteiger partial charge in [0.05, 0.1) is 18.7 Å². The largest absolute Gasteiger partial charge is 0.496 e. The van der Waals surface area contributed by atoms with Crippen LogP contribution in [0.25, 0.3) is 0 Å². The summed E-state index contributed by atoms with van der Waals surface area (Å²) in [6.07, 6.45) is 3.03. The maximum Gasteiger partial charge on any atom is 0.184 e. The summed E-state index contributed by atoms with van der Waals surface area (Å²) in [6, 6.07) is 1.10. The number of aromatic nitrogens is 1. The number of hydrogen-bond donors (Lipinski definition) is 1. The molecule has 1 heterocycles. The van der Waals surface area contributed by atoms with Crippen LogP contribution >= 0.6 is 12.4 Å². The number of halogens is 1. The van der Waals surface area contributed by atoms with E-state index in [1.807, 2.05) is 0 Å². The molecule has 1 aromatic rings. The number of carbonyl (C=O) groups is 1. The zero-order valence-electron chi connectivity index (χ0n) is 8.06. The van der Waals surface area contributed by atoms with E-state index in [1.165, 1.54) is 13.3 Å². The molecule has 0 aliphatic carbocycles. The van der Waals surface area contributed by atoms with Gasteiger partial charge >= 0.3 is 0 Å². The van der Waals surface area contributed by atoms with Crippen molar-refractivity contribution in [2.24, 2.45) is 5.73 Å². The van der Waals surface area contributed by atoms with Crippen LogP contribution in [0.5, 0.6) is 5.75 Å². The van der Waals surface area contributed by atoms with E-state index in [-0.39, 0.29) is 18.2 Å². The van der Waals surface area contributed by atoms with Crippen LogP contribution in [0.4, 0.5) is 0 Å². The highest BCUT2D eigenvalue weighted by Crippen LogP contribution is 2.16. The number of carbonyl (C=O) groups excluding carboxylic acids is 1. The third-order valence-corrected chi connectivity index (χ3v) is 1.68. The molecule has 0 saturated carbocycles. The third-order valence-electron chi connectivity index (χ3n) is 1.68. The molecule has 4 nitrogen and oxygen atoms in total. The molecule has 0 aromatic carbocycles. The van der Waals surface area contributed by atoms with Gasteiger partial charge in [0, 0.05) is 12.4 Å².